The molecule has 0 radical (unpaired) electrons. The van der Waals surface area contributed by atoms with Gasteiger partial charge >= 0.3 is 0 Å². The maximum absolute atomic E-state index is 14.5. The summed E-state index contributed by atoms with van der Waals surface area (Å²) < 4.78 is 0.721. The molecule has 2 aromatic rings. The van der Waals surface area contributed by atoms with Crippen molar-refractivity contribution in [3.8, 4) is 0 Å². The van der Waals surface area contributed by atoms with Crippen molar-refractivity contribution in [1.29, 1.82) is 0 Å². The number of carbonyl (C=O) groups excluding carboxylic acids is 5. The normalized spacial score (nSPS) is 21.4. The van der Waals surface area contributed by atoms with Gasteiger partial charge in [0.05, 0.1) is 24.7 Å². The number of benzene rings is 1. The number of nitrogens with one attached hydrogen (secondary N) is 3. The zero-order valence-corrected chi connectivity index (χ0v) is 30.4. The maximum Gasteiger partial charge on any atom is 0.289 e. The van der Waals surface area contributed by atoms with Gasteiger partial charge in [-0.3, -0.25) is 29.0 Å². The van der Waals surface area contributed by atoms with E-state index < -0.39 is 52.6 Å². The molecule has 3 N–H and O–H groups in total. The molecule has 1 saturated carbocycles. The molecule has 49 heavy (non-hydrogen) atoms. The summed E-state index contributed by atoms with van der Waals surface area (Å²) in [6.45, 7) is 7.35. The topological polar surface area (TPSA) is 159 Å². The molecule has 1 aromatic heterocycles. The standard InChI is InChI=1S/C35H42BrClN6O6/c1-5-7-25(29(45)32(47)39-24-10-11-24)40-31(46)27-16-35(15-26(42-49-35)21-8-6-9-23(37)14-21)19-43(27)33(48)30(34(2,3)4)41-28(44)13-20-12-22(36)18-38-17-20/h6,8-9,12,14,17-18,24-25,27,30H,5,7,10-11,13,15-16,19H2,1-4H3,(H,39,47)(H,40,46)(H,41,44)/t25-,27-,30+,35+/m0/s1. The zero-order valence-electron chi connectivity index (χ0n) is 28.1. The van der Waals surface area contributed by atoms with Crippen LogP contribution >= 0.6 is 27.5 Å². The molecule has 1 aliphatic carbocycles. The summed E-state index contributed by atoms with van der Waals surface area (Å²) in [6, 6.07) is 5.78. The molecule has 0 bridgehead atoms. The van der Waals surface area contributed by atoms with Crippen molar-refractivity contribution in [2.24, 2.45) is 10.6 Å². The molecular weight excluding hydrogens is 716 g/mol. The van der Waals surface area contributed by atoms with Crippen LogP contribution in [0.1, 0.15) is 77.3 Å². The number of ketones is 1. The van der Waals surface area contributed by atoms with Gasteiger partial charge in [0.2, 0.25) is 23.5 Å². The third kappa shape index (κ3) is 9.04. The Hall–Kier alpha value is -3.84. The maximum atomic E-state index is 14.5. The summed E-state index contributed by atoms with van der Waals surface area (Å²) >= 11 is 9.60. The number of amides is 4. The van der Waals surface area contributed by atoms with Gasteiger partial charge in [0, 0.05) is 46.3 Å². The van der Waals surface area contributed by atoms with Gasteiger partial charge in [-0.2, -0.15) is 0 Å². The number of nitrogens with zero attached hydrogens (tertiary/aromatic N) is 3. The third-order valence-corrected chi connectivity index (χ3v) is 9.54. The van der Waals surface area contributed by atoms with Crippen LogP contribution in [0.2, 0.25) is 5.02 Å². The molecule has 2 aliphatic heterocycles. The SMILES string of the molecule is CCC[C@H](NC(=O)[C@@H]1C[C@]2(CC(c3cccc(Cl)c3)=NO2)CN1C(=O)[C@@H](NC(=O)Cc1cncc(Br)c1)C(C)(C)C)C(=O)C(=O)NC1CC1. The molecule has 14 heteroatoms. The highest BCUT2D eigenvalue weighted by atomic mass is 79.9. The van der Waals surface area contributed by atoms with Gasteiger partial charge in [-0.05, 0) is 64.4 Å². The van der Waals surface area contributed by atoms with Crippen LogP contribution in [0.4, 0.5) is 0 Å². The first-order chi connectivity index (χ1) is 23.2. The van der Waals surface area contributed by atoms with Gasteiger partial charge in [0.15, 0.2) is 5.60 Å². The Morgan fingerprint density at radius 1 is 1.12 bits per heavy atom. The number of Topliss-reactive ketones (excluding diaryl/α,β-unsaturated/α-hetero) is 1. The van der Waals surface area contributed by atoms with E-state index in [-0.39, 0.29) is 37.8 Å². The predicted octanol–water partition coefficient (Wildman–Crippen LogP) is 3.87. The van der Waals surface area contributed by atoms with Crippen LogP contribution in [0.3, 0.4) is 0 Å². The Balaban J connectivity index is 1.40. The minimum Gasteiger partial charge on any atom is -0.387 e. The fourth-order valence-electron chi connectivity index (χ4n) is 6.18. The quantitative estimate of drug-likeness (QED) is 0.278. The largest absolute Gasteiger partial charge is 0.387 e. The van der Waals surface area contributed by atoms with Crippen LogP contribution in [0.25, 0.3) is 0 Å². The monoisotopic (exact) mass is 756 g/mol. The lowest BCUT2D eigenvalue weighted by Gasteiger charge is -2.35. The van der Waals surface area contributed by atoms with Crippen molar-refractivity contribution in [3.63, 3.8) is 0 Å². The van der Waals surface area contributed by atoms with Crippen LogP contribution in [0.15, 0.2) is 52.4 Å². The van der Waals surface area contributed by atoms with Gasteiger partial charge in [-0.1, -0.05) is 63.0 Å². The molecule has 3 heterocycles. The number of halogens is 2. The Bertz CT molecular complexity index is 1660. The molecule has 3 aliphatic rings. The lowest BCUT2D eigenvalue weighted by molar-refractivity contribution is -0.145. The number of pyridine rings is 1. The molecule has 1 aromatic carbocycles. The zero-order chi connectivity index (χ0) is 35.5. The Labute approximate surface area is 299 Å². The second kappa shape index (κ2) is 15.0. The first-order valence-electron chi connectivity index (χ1n) is 16.5. The van der Waals surface area contributed by atoms with Crippen molar-refractivity contribution in [3.05, 3.63) is 63.3 Å². The van der Waals surface area contributed by atoms with Crippen LogP contribution in [0, 0.1) is 5.41 Å². The van der Waals surface area contributed by atoms with Gasteiger partial charge in [-0.25, -0.2) is 0 Å². The molecule has 12 nitrogen and oxygen atoms in total. The molecule has 4 amide bonds. The van der Waals surface area contributed by atoms with Crippen LogP contribution in [-0.4, -0.2) is 81.3 Å². The summed E-state index contributed by atoms with van der Waals surface area (Å²) in [5.41, 5.74) is 0.242. The number of carbonyl (C=O) groups is 5. The highest BCUT2D eigenvalue weighted by Gasteiger charge is 2.55. The number of hydrogen-bond donors (Lipinski definition) is 3. The molecule has 262 valence electrons. The van der Waals surface area contributed by atoms with Gasteiger partial charge in [0.1, 0.15) is 12.1 Å². The van der Waals surface area contributed by atoms with Crippen LogP contribution in [-0.2, 0) is 35.2 Å². The lowest BCUT2D eigenvalue weighted by atomic mass is 9.85. The van der Waals surface area contributed by atoms with Crippen molar-refractivity contribution < 1.29 is 28.8 Å². The van der Waals surface area contributed by atoms with E-state index in [1.807, 2.05) is 33.8 Å². The molecule has 1 spiro atoms. The third-order valence-electron chi connectivity index (χ3n) is 8.87. The second-order valence-electron chi connectivity index (χ2n) is 14.2. The molecule has 1 saturated heterocycles. The average molecular weight is 758 g/mol. The second-order valence-corrected chi connectivity index (χ2v) is 15.6. The minimum atomic E-state index is -1.07. The van der Waals surface area contributed by atoms with Gasteiger partial charge in [0.25, 0.3) is 5.91 Å². The number of likely N-dealkylation sites (tertiary alicyclic amines) is 1. The van der Waals surface area contributed by atoms with Crippen molar-refractivity contribution >= 4 is 62.7 Å². The Morgan fingerprint density at radius 2 is 1.88 bits per heavy atom. The summed E-state index contributed by atoms with van der Waals surface area (Å²) in [5.74, 6) is -2.91. The molecular formula is C35H42BrClN6O6. The average Bonchev–Trinajstić information content (AvgIpc) is 3.63. The first kappa shape index (κ1) is 36.4. The van der Waals surface area contributed by atoms with E-state index in [0.717, 1.165) is 22.9 Å². The smallest absolute Gasteiger partial charge is 0.289 e. The van der Waals surface area contributed by atoms with Crippen molar-refractivity contribution in [2.45, 2.75) is 102 Å². The number of oxime groups is 1. The Kier molecular flexibility index (Phi) is 11.1. The predicted molar refractivity (Wildman–Crippen MR) is 187 cm³/mol. The number of aromatic nitrogens is 1. The summed E-state index contributed by atoms with van der Waals surface area (Å²) in [5, 5.41) is 13.3. The van der Waals surface area contributed by atoms with Gasteiger partial charge in [-0.15, -0.1) is 0 Å². The van der Waals surface area contributed by atoms with E-state index in [4.69, 9.17) is 16.4 Å². The van der Waals surface area contributed by atoms with Crippen LogP contribution < -0.4 is 16.0 Å². The van der Waals surface area contributed by atoms with E-state index in [1.165, 1.54) is 4.90 Å². The molecule has 0 unspecified atom stereocenters. The molecule has 4 atom stereocenters. The summed E-state index contributed by atoms with van der Waals surface area (Å²) in [6.07, 6.45) is 5.97. The van der Waals surface area contributed by atoms with E-state index in [9.17, 15) is 24.0 Å². The molecule has 5 rings (SSSR count). The number of rotatable bonds is 12. The van der Waals surface area contributed by atoms with Crippen molar-refractivity contribution in [1.82, 2.24) is 25.8 Å². The van der Waals surface area contributed by atoms with Crippen LogP contribution in [0.5, 0.6) is 0 Å². The fraction of sp³-hybridized carbons (Fsp3) is 0.514. The highest BCUT2D eigenvalue weighted by molar-refractivity contribution is 9.10. The fourth-order valence-corrected chi connectivity index (χ4v) is 6.79. The van der Waals surface area contributed by atoms with E-state index in [0.29, 0.717) is 29.1 Å². The van der Waals surface area contributed by atoms with Gasteiger partial charge < -0.3 is 25.7 Å². The van der Waals surface area contributed by atoms with Crippen molar-refractivity contribution in [2.75, 3.05) is 6.54 Å². The Morgan fingerprint density at radius 3 is 2.53 bits per heavy atom. The molecule has 2 fully saturated rings. The minimum absolute atomic E-state index is 0.00401. The number of hydrogen-bond acceptors (Lipinski definition) is 8. The lowest BCUT2D eigenvalue weighted by Crippen LogP contribution is -2.59. The summed E-state index contributed by atoms with van der Waals surface area (Å²) in [7, 11) is 0. The first-order valence-corrected chi connectivity index (χ1v) is 17.7. The van der Waals surface area contributed by atoms with E-state index >= 15 is 0 Å². The summed E-state index contributed by atoms with van der Waals surface area (Å²) in [4.78, 5) is 79.3. The van der Waals surface area contributed by atoms with E-state index in [2.05, 4.69) is 42.0 Å². The highest BCUT2D eigenvalue weighted by Crippen LogP contribution is 2.40. The van der Waals surface area contributed by atoms with E-state index in [1.54, 1.807) is 36.7 Å².